The van der Waals surface area contributed by atoms with Gasteiger partial charge in [0.1, 0.15) is 83.2 Å². The highest BCUT2D eigenvalue weighted by molar-refractivity contribution is 5.88. The number of rotatable bonds is 8. The molecule has 19 nitrogen and oxygen atoms in total. The van der Waals surface area contributed by atoms with Crippen LogP contribution in [0, 0.1) is 0 Å². The van der Waals surface area contributed by atoms with Gasteiger partial charge in [-0.1, -0.05) is 0 Å². The third-order valence-electron chi connectivity index (χ3n) is 9.25. The highest BCUT2D eigenvalue weighted by atomic mass is 16.8. The fourth-order valence-corrected chi connectivity index (χ4v) is 6.17. The Morgan fingerprint density at radius 2 is 1.27 bits per heavy atom. The van der Waals surface area contributed by atoms with E-state index in [4.69, 9.17) is 32.8 Å². The van der Waals surface area contributed by atoms with E-state index in [0.717, 1.165) is 12.1 Å². The van der Waals surface area contributed by atoms with Gasteiger partial charge in [-0.25, -0.2) is 0 Å². The minimum absolute atomic E-state index is 0.124. The zero-order valence-corrected chi connectivity index (χ0v) is 27.5. The predicted molar refractivity (Wildman–Crippen MR) is 170 cm³/mol. The van der Waals surface area contributed by atoms with Crippen molar-refractivity contribution in [2.45, 2.75) is 106 Å². The Bertz CT molecular complexity index is 1770. The fourth-order valence-electron chi connectivity index (χ4n) is 6.17. The summed E-state index contributed by atoms with van der Waals surface area (Å²) in [6, 6.07) is 7.36. The van der Waals surface area contributed by atoms with Crippen LogP contribution in [0.5, 0.6) is 23.0 Å². The first-order valence-corrected chi connectivity index (χ1v) is 16.2. The summed E-state index contributed by atoms with van der Waals surface area (Å²) in [5.41, 5.74) is -1.20. The van der Waals surface area contributed by atoms with E-state index in [1.165, 1.54) is 38.1 Å². The number of phenolic OH excluding ortho intramolecular Hbond substituents is 2. The van der Waals surface area contributed by atoms with E-state index in [1.807, 2.05) is 0 Å². The Labute approximate surface area is 293 Å². The second-order valence-corrected chi connectivity index (χ2v) is 12.9. The van der Waals surface area contributed by atoms with Crippen LogP contribution in [0.25, 0.3) is 22.3 Å². The number of benzene rings is 2. The maximum Gasteiger partial charge on any atom is 0.239 e. The van der Waals surface area contributed by atoms with Crippen molar-refractivity contribution in [3.8, 4) is 34.3 Å². The summed E-state index contributed by atoms with van der Waals surface area (Å²) < 4.78 is 40.1. The van der Waals surface area contributed by atoms with Crippen molar-refractivity contribution in [2.75, 3.05) is 6.61 Å². The molecule has 3 aliphatic rings. The van der Waals surface area contributed by atoms with Crippen LogP contribution in [0.2, 0.25) is 0 Å². The third-order valence-corrected chi connectivity index (χ3v) is 9.25. The zero-order chi connectivity index (χ0) is 37.8. The number of hydrogen-bond donors (Lipinski definition) is 11. The zero-order valence-electron chi connectivity index (χ0n) is 27.5. The van der Waals surface area contributed by atoms with Gasteiger partial charge in [-0.3, -0.25) is 4.79 Å². The molecular weight excluding hydrogens is 700 g/mol. The molecule has 3 aromatic rings. The number of hydrogen-bond acceptors (Lipinski definition) is 19. The van der Waals surface area contributed by atoms with Crippen LogP contribution in [-0.4, -0.2) is 155 Å². The molecule has 0 bridgehead atoms. The highest BCUT2D eigenvalue weighted by Crippen LogP contribution is 2.39. The lowest BCUT2D eigenvalue weighted by atomic mass is 9.97. The number of aliphatic hydroxyl groups excluding tert-OH is 9. The van der Waals surface area contributed by atoms with Crippen LogP contribution >= 0.6 is 0 Å². The average molecular weight is 741 g/mol. The lowest BCUT2D eigenvalue weighted by Crippen LogP contribution is -2.64. The van der Waals surface area contributed by atoms with E-state index >= 15 is 0 Å². The monoisotopic (exact) mass is 740 g/mol. The van der Waals surface area contributed by atoms with E-state index in [2.05, 4.69) is 0 Å². The molecule has 0 amide bonds. The molecule has 3 fully saturated rings. The first kappa shape index (κ1) is 38.1. The van der Waals surface area contributed by atoms with Crippen molar-refractivity contribution >= 4 is 11.0 Å². The number of ether oxygens (including phenoxy) is 6. The van der Waals surface area contributed by atoms with Crippen molar-refractivity contribution in [2.24, 2.45) is 0 Å². The van der Waals surface area contributed by atoms with Gasteiger partial charge >= 0.3 is 0 Å². The molecule has 0 aliphatic carbocycles. The molecule has 1 aromatic heterocycles. The molecule has 3 aliphatic heterocycles. The summed E-state index contributed by atoms with van der Waals surface area (Å²) in [6.07, 6.45) is -24.1. The normalized spacial score (nSPS) is 38.2. The molecule has 2 aromatic carbocycles. The van der Waals surface area contributed by atoms with Crippen LogP contribution in [0.4, 0.5) is 0 Å². The maximum atomic E-state index is 14.2. The second kappa shape index (κ2) is 15.0. The lowest BCUT2D eigenvalue weighted by Gasteiger charge is -2.45. The van der Waals surface area contributed by atoms with Gasteiger partial charge in [-0.05, 0) is 38.1 Å². The van der Waals surface area contributed by atoms with Crippen molar-refractivity contribution < 1.29 is 89.0 Å². The molecule has 19 heteroatoms. The summed E-state index contributed by atoms with van der Waals surface area (Å²) in [5, 5.41) is 114. The summed E-state index contributed by atoms with van der Waals surface area (Å²) >= 11 is 0. The molecule has 52 heavy (non-hydrogen) atoms. The van der Waals surface area contributed by atoms with Crippen LogP contribution < -0.4 is 14.9 Å². The molecule has 286 valence electrons. The molecular formula is C33H40O19. The number of fused-ring (bicyclic) bond motifs is 1. The van der Waals surface area contributed by atoms with Gasteiger partial charge in [-0.2, -0.15) is 0 Å². The van der Waals surface area contributed by atoms with E-state index in [0.29, 0.717) is 0 Å². The third kappa shape index (κ3) is 7.03. The molecule has 0 spiro atoms. The minimum Gasteiger partial charge on any atom is -0.508 e. The fraction of sp³-hybridized carbons (Fsp3) is 0.545. The Morgan fingerprint density at radius 1 is 0.673 bits per heavy atom. The molecule has 3 saturated heterocycles. The van der Waals surface area contributed by atoms with Gasteiger partial charge in [-0.15, -0.1) is 0 Å². The SMILES string of the molecule is C[C@H]1O[C@H](Oc2cc(O)c3c(=O)c(O[C@H]4O[C@@H](CO)[C@H](O)[C@@H](O)[C@@H]4O[C@H]4O[C@H](C)[C@@H](O)[C@H](O)[C@@H]4O)c(-c4ccc(O)cc4)oc3c2)[C@@H](O)[C@@H](O)[C@@H]1O. The molecule has 0 saturated carbocycles. The van der Waals surface area contributed by atoms with E-state index < -0.39 is 121 Å². The number of phenols is 2. The second-order valence-electron chi connectivity index (χ2n) is 12.9. The lowest BCUT2D eigenvalue weighted by molar-refractivity contribution is -0.354. The van der Waals surface area contributed by atoms with Crippen molar-refractivity contribution in [3.63, 3.8) is 0 Å². The first-order chi connectivity index (χ1) is 24.6. The smallest absolute Gasteiger partial charge is 0.239 e. The Kier molecular flexibility index (Phi) is 11.0. The molecule has 4 heterocycles. The summed E-state index contributed by atoms with van der Waals surface area (Å²) in [4.78, 5) is 14.2. The summed E-state index contributed by atoms with van der Waals surface area (Å²) in [5.74, 6) is -2.07. The van der Waals surface area contributed by atoms with Gasteiger partial charge in [0.2, 0.25) is 23.8 Å². The maximum absolute atomic E-state index is 14.2. The summed E-state index contributed by atoms with van der Waals surface area (Å²) in [6.45, 7) is 1.97. The highest BCUT2D eigenvalue weighted by Gasteiger charge is 2.51. The Hall–Kier alpha value is -3.67. The van der Waals surface area contributed by atoms with Gasteiger partial charge in [0.25, 0.3) is 0 Å². The molecule has 15 atom stereocenters. The van der Waals surface area contributed by atoms with E-state index in [9.17, 15) is 61.0 Å². The minimum atomic E-state index is -1.93. The Balaban J connectivity index is 1.41. The average Bonchev–Trinajstić information content (AvgIpc) is 3.11. The first-order valence-electron chi connectivity index (χ1n) is 16.2. The molecule has 0 radical (unpaired) electrons. The van der Waals surface area contributed by atoms with Gasteiger partial charge in [0.05, 0.1) is 18.8 Å². The van der Waals surface area contributed by atoms with E-state index in [1.54, 1.807) is 0 Å². The largest absolute Gasteiger partial charge is 0.508 e. The van der Waals surface area contributed by atoms with Crippen molar-refractivity contribution in [1.29, 1.82) is 0 Å². The van der Waals surface area contributed by atoms with Crippen LogP contribution in [0.15, 0.2) is 45.6 Å². The van der Waals surface area contributed by atoms with E-state index in [-0.39, 0.29) is 28.4 Å². The Morgan fingerprint density at radius 3 is 1.88 bits per heavy atom. The van der Waals surface area contributed by atoms with Crippen LogP contribution in [-0.2, 0) is 18.9 Å². The standard InChI is InChI=1S/C33H40O19/c1-10-19(37)23(41)26(44)31(46-10)48-14-7-15(36)18-16(8-14)49-28(12-3-5-13(35)6-4-12)29(22(18)40)51-33-30(25(43)21(39)17(9-34)50-33)52-32-27(45)24(42)20(38)11(2)47-32/h3-8,10-11,17,19-21,23-27,30-39,41-45H,9H2,1-2H3/t10-,11-,17+,19-,20-,21+,23+,24+,25-,26+,27+,30+,31-,32-,33-/m1/s1. The van der Waals surface area contributed by atoms with Gasteiger partial charge < -0.3 is 89.0 Å². The van der Waals surface area contributed by atoms with Crippen LogP contribution in [0.3, 0.4) is 0 Å². The quantitative estimate of drug-likeness (QED) is 0.110. The molecule has 0 unspecified atom stereocenters. The van der Waals surface area contributed by atoms with Crippen molar-refractivity contribution in [3.05, 3.63) is 46.6 Å². The number of aliphatic hydroxyl groups is 9. The van der Waals surface area contributed by atoms with Gasteiger partial charge in [0.15, 0.2) is 18.2 Å². The van der Waals surface area contributed by atoms with Crippen molar-refractivity contribution in [1.82, 2.24) is 0 Å². The molecule has 11 N–H and O–H groups in total. The number of aromatic hydroxyl groups is 2. The van der Waals surface area contributed by atoms with Gasteiger partial charge in [0, 0.05) is 17.7 Å². The molecule has 6 rings (SSSR count). The topological polar surface area (TPSA) is 308 Å². The van der Waals surface area contributed by atoms with Crippen LogP contribution in [0.1, 0.15) is 13.8 Å². The predicted octanol–water partition coefficient (Wildman–Crippen LogP) is -2.89. The summed E-state index contributed by atoms with van der Waals surface area (Å²) in [7, 11) is 0.